The Morgan fingerprint density at radius 3 is 2.94 bits per heavy atom. The van der Waals surface area contributed by atoms with Gasteiger partial charge in [0, 0.05) is 27.1 Å². The van der Waals surface area contributed by atoms with Crippen LogP contribution < -0.4 is 0 Å². The number of aromatic nitrogens is 1. The van der Waals surface area contributed by atoms with Crippen LogP contribution in [0.5, 0.6) is 0 Å². The van der Waals surface area contributed by atoms with Crippen molar-refractivity contribution in [2.75, 3.05) is 7.11 Å². The number of aromatic amines is 1. The number of oxime groups is 1. The van der Waals surface area contributed by atoms with E-state index < -0.39 is 5.97 Å². The molecule has 1 heterocycles. The quantitative estimate of drug-likeness (QED) is 0.386. The largest absolute Gasteiger partial charge is 0.464 e. The Labute approximate surface area is 105 Å². The number of rotatable bonds is 2. The molecule has 88 valence electrons. The van der Waals surface area contributed by atoms with Gasteiger partial charge in [-0.25, -0.2) is 4.79 Å². The summed E-state index contributed by atoms with van der Waals surface area (Å²) in [6.45, 7) is 0. The van der Waals surface area contributed by atoms with Crippen LogP contribution in [-0.2, 0) is 9.53 Å². The first kappa shape index (κ1) is 11.7. The van der Waals surface area contributed by atoms with E-state index in [2.05, 4.69) is 30.8 Å². The van der Waals surface area contributed by atoms with E-state index in [1.807, 2.05) is 18.2 Å². The zero-order valence-electron chi connectivity index (χ0n) is 8.90. The first-order valence-corrected chi connectivity index (χ1v) is 5.54. The number of carbonyl (C=O) groups is 1. The predicted octanol–water partition coefficient (Wildman–Crippen LogP) is 2.28. The number of nitrogens with one attached hydrogen (secondary N) is 1. The Balaban J connectivity index is 2.62. The molecule has 1 aromatic heterocycles. The molecule has 1 aromatic carbocycles. The zero-order chi connectivity index (χ0) is 12.4. The third-order valence-corrected chi connectivity index (χ3v) is 2.87. The predicted molar refractivity (Wildman–Crippen MR) is 66.3 cm³/mol. The van der Waals surface area contributed by atoms with Gasteiger partial charge in [0.15, 0.2) is 5.71 Å². The minimum atomic E-state index is -0.687. The van der Waals surface area contributed by atoms with Crippen LogP contribution >= 0.6 is 15.9 Å². The van der Waals surface area contributed by atoms with Crippen molar-refractivity contribution in [1.29, 1.82) is 0 Å². The van der Waals surface area contributed by atoms with E-state index in [0.29, 0.717) is 5.56 Å². The third kappa shape index (κ3) is 2.03. The molecule has 0 fully saturated rings. The number of halogens is 1. The zero-order valence-corrected chi connectivity index (χ0v) is 10.5. The third-order valence-electron chi connectivity index (χ3n) is 2.38. The van der Waals surface area contributed by atoms with E-state index >= 15 is 0 Å². The smallest absolute Gasteiger partial charge is 0.360 e. The first-order chi connectivity index (χ1) is 8.17. The van der Waals surface area contributed by atoms with Crippen LogP contribution in [0.4, 0.5) is 0 Å². The molecule has 2 aromatic rings. The van der Waals surface area contributed by atoms with Crippen LogP contribution in [0.2, 0.25) is 0 Å². The fourth-order valence-corrected chi connectivity index (χ4v) is 1.95. The Morgan fingerprint density at radius 2 is 2.29 bits per heavy atom. The molecule has 0 amide bonds. The number of fused-ring (bicyclic) bond motifs is 1. The molecule has 0 radical (unpaired) electrons. The molecule has 0 aliphatic carbocycles. The molecule has 0 atom stereocenters. The van der Waals surface area contributed by atoms with E-state index in [0.717, 1.165) is 15.4 Å². The summed E-state index contributed by atoms with van der Waals surface area (Å²) in [6.07, 6.45) is 1.60. The molecule has 0 spiro atoms. The normalized spacial score (nSPS) is 11.8. The number of hydrogen-bond acceptors (Lipinski definition) is 4. The lowest BCUT2D eigenvalue weighted by Gasteiger charge is -2.00. The van der Waals surface area contributed by atoms with Crippen LogP contribution in [0.1, 0.15) is 5.56 Å². The minimum Gasteiger partial charge on any atom is -0.464 e. The lowest BCUT2D eigenvalue weighted by atomic mass is 10.1. The van der Waals surface area contributed by atoms with E-state index in [9.17, 15) is 4.79 Å². The number of benzene rings is 1. The molecule has 6 heteroatoms. The molecule has 2 rings (SSSR count). The van der Waals surface area contributed by atoms with Crippen molar-refractivity contribution in [2.45, 2.75) is 0 Å². The van der Waals surface area contributed by atoms with Gasteiger partial charge in [-0.3, -0.25) is 0 Å². The second kappa shape index (κ2) is 4.58. The second-order valence-electron chi connectivity index (χ2n) is 3.33. The lowest BCUT2D eigenvalue weighted by Crippen LogP contribution is -2.16. The fraction of sp³-hybridized carbons (Fsp3) is 0.0909. The average molecular weight is 297 g/mol. The van der Waals surface area contributed by atoms with Crippen molar-refractivity contribution in [3.63, 3.8) is 0 Å². The van der Waals surface area contributed by atoms with Gasteiger partial charge in [-0.1, -0.05) is 21.1 Å². The van der Waals surface area contributed by atoms with Gasteiger partial charge in [0.05, 0.1) is 7.11 Å². The molecule has 2 N–H and O–H groups in total. The molecule has 0 saturated heterocycles. The van der Waals surface area contributed by atoms with Crippen LogP contribution in [-0.4, -0.2) is 29.0 Å². The molecule has 0 saturated carbocycles. The van der Waals surface area contributed by atoms with Gasteiger partial charge in [-0.2, -0.15) is 0 Å². The maximum Gasteiger partial charge on any atom is 0.360 e. The summed E-state index contributed by atoms with van der Waals surface area (Å²) in [7, 11) is 1.23. The number of esters is 1. The summed E-state index contributed by atoms with van der Waals surface area (Å²) in [5.74, 6) is -0.687. The highest BCUT2D eigenvalue weighted by molar-refractivity contribution is 9.10. The molecular formula is C11H9BrN2O3. The summed E-state index contributed by atoms with van der Waals surface area (Å²) < 4.78 is 5.42. The number of carbonyl (C=O) groups excluding carboxylic acids is 1. The van der Waals surface area contributed by atoms with Crippen molar-refractivity contribution >= 4 is 38.5 Å². The van der Waals surface area contributed by atoms with E-state index in [4.69, 9.17) is 5.21 Å². The highest BCUT2D eigenvalue weighted by Crippen LogP contribution is 2.23. The van der Waals surface area contributed by atoms with Gasteiger partial charge in [0.25, 0.3) is 0 Å². The highest BCUT2D eigenvalue weighted by atomic mass is 79.9. The van der Waals surface area contributed by atoms with Gasteiger partial charge >= 0.3 is 5.97 Å². The van der Waals surface area contributed by atoms with Gasteiger partial charge in [-0.05, 0) is 18.2 Å². The lowest BCUT2D eigenvalue weighted by molar-refractivity contribution is -0.132. The maximum atomic E-state index is 11.4. The maximum absolute atomic E-state index is 11.4. The van der Waals surface area contributed by atoms with Crippen LogP contribution in [0.15, 0.2) is 34.0 Å². The van der Waals surface area contributed by atoms with Gasteiger partial charge in [0.2, 0.25) is 0 Å². The van der Waals surface area contributed by atoms with Crippen molar-refractivity contribution in [3.8, 4) is 0 Å². The Bertz CT molecular complexity index is 604. The van der Waals surface area contributed by atoms with E-state index in [-0.39, 0.29) is 5.71 Å². The topological polar surface area (TPSA) is 74.7 Å². The minimum absolute atomic E-state index is 0.128. The molecule has 0 aliphatic rings. The van der Waals surface area contributed by atoms with E-state index in [1.54, 1.807) is 6.20 Å². The number of nitrogens with zero attached hydrogens (tertiary/aromatic N) is 1. The summed E-state index contributed by atoms with van der Waals surface area (Å²) in [6, 6.07) is 5.56. The summed E-state index contributed by atoms with van der Waals surface area (Å²) >= 11 is 3.34. The van der Waals surface area contributed by atoms with Gasteiger partial charge < -0.3 is 14.9 Å². The highest BCUT2D eigenvalue weighted by Gasteiger charge is 2.19. The Kier molecular flexibility index (Phi) is 3.14. The van der Waals surface area contributed by atoms with Crippen molar-refractivity contribution < 1.29 is 14.7 Å². The Hall–Kier alpha value is -1.82. The van der Waals surface area contributed by atoms with Gasteiger partial charge in [-0.15, -0.1) is 0 Å². The van der Waals surface area contributed by atoms with Crippen molar-refractivity contribution in [1.82, 2.24) is 4.98 Å². The van der Waals surface area contributed by atoms with Crippen LogP contribution in [0.3, 0.4) is 0 Å². The van der Waals surface area contributed by atoms with Crippen LogP contribution in [0, 0.1) is 0 Å². The molecule has 0 aliphatic heterocycles. The fourth-order valence-electron chi connectivity index (χ4n) is 1.59. The first-order valence-electron chi connectivity index (χ1n) is 4.74. The molecule has 5 nitrogen and oxygen atoms in total. The SMILES string of the molecule is COC(=O)C(=NO)c1c[nH]c2ccc(Br)cc12. The average Bonchev–Trinajstić information content (AvgIpc) is 2.73. The van der Waals surface area contributed by atoms with Gasteiger partial charge in [0.1, 0.15) is 0 Å². The van der Waals surface area contributed by atoms with Crippen molar-refractivity contribution in [2.24, 2.45) is 5.16 Å². The number of methoxy groups -OCH3 is 1. The van der Waals surface area contributed by atoms with E-state index in [1.165, 1.54) is 7.11 Å². The van der Waals surface area contributed by atoms with Crippen LogP contribution in [0.25, 0.3) is 10.9 Å². The number of ether oxygens (including phenoxy) is 1. The molecular weight excluding hydrogens is 288 g/mol. The van der Waals surface area contributed by atoms with Crippen molar-refractivity contribution in [3.05, 3.63) is 34.4 Å². The summed E-state index contributed by atoms with van der Waals surface area (Å²) in [4.78, 5) is 14.4. The summed E-state index contributed by atoms with van der Waals surface area (Å²) in [5, 5.41) is 12.7. The molecule has 0 bridgehead atoms. The number of H-pyrrole nitrogens is 1. The Morgan fingerprint density at radius 1 is 1.53 bits per heavy atom. The summed E-state index contributed by atoms with van der Waals surface area (Å²) in [5.41, 5.74) is 1.21. The molecule has 17 heavy (non-hydrogen) atoms. The number of hydrogen-bond donors (Lipinski definition) is 2. The standard InChI is InChI=1S/C11H9BrN2O3/c1-17-11(15)10(14-16)8-5-13-9-3-2-6(12)4-7(8)9/h2-5,13,16H,1H3. The second-order valence-corrected chi connectivity index (χ2v) is 4.25. The monoisotopic (exact) mass is 296 g/mol. The molecule has 0 unspecified atom stereocenters.